The molecule has 0 saturated heterocycles. The standard InChI is InChI=1S/C61H45N5O/c1-2-21-60-62-63-61(67-60)58-34-19-18-33-57(58)56-32-17-15-22-46(56)36-37-47-23-16-20-35-59(47)66(54-42-38-52(39-43-54)64(48-24-7-3-8-25-48)49-26-9-4-10-27-49)55-44-40-53(41-45-55)65(50-28-11-5-12-29-50)51-30-13-6-14-31-51/h2-20,22-35,38-45H,1,21H2. The smallest absolute Gasteiger partial charge is 0.248 e. The normalized spacial score (nSPS) is 10.7. The van der Waals surface area contributed by atoms with E-state index < -0.39 is 0 Å². The van der Waals surface area contributed by atoms with Crippen molar-refractivity contribution in [2.75, 3.05) is 14.7 Å². The Morgan fingerprint density at radius 3 is 1.19 bits per heavy atom. The molecular weight excluding hydrogens is 819 g/mol. The Morgan fingerprint density at radius 2 is 0.716 bits per heavy atom. The Balaban J connectivity index is 1.08. The van der Waals surface area contributed by atoms with Crippen LogP contribution in [0.5, 0.6) is 0 Å². The van der Waals surface area contributed by atoms with E-state index in [2.05, 4.69) is 225 Å². The molecule has 1 heterocycles. The van der Waals surface area contributed by atoms with Gasteiger partial charge in [-0.1, -0.05) is 139 Å². The van der Waals surface area contributed by atoms with Gasteiger partial charge in [0.05, 0.1) is 5.69 Å². The van der Waals surface area contributed by atoms with Gasteiger partial charge in [0.2, 0.25) is 11.8 Å². The predicted octanol–water partition coefficient (Wildman–Crippen LogP) is 15.9. The SMILES string of the molecule is C=CCc1nnc(-c2ccccc2-c2ccccc2C#Cc2ccccc2N(c2ccc(N(c3ccccc3)c3ccccc3)cc2)c2ccc(N(c3ccccc3)c3ccccc3)cc2)o1. The molecule has 10 rings (SSSR count). The number of hydrogen-bond acceptors (Lipinski definition) is 6. The summed E-state index contributed by atoms with van der Waals surface area (Å²) in [6.45, 7) is 3.82. The van der Waals surface area contributed by atoms with E-state index in [4.69, 9.17) is 4.42 Å². The van der Waals surface area contributed by atoms with Crippen LogP contribution in [0.15, 0.2) is 260 Å². The third kappa shape index (κ3) is 9.12. The maximum absolute atomic E-state index is 6.06. The van der Waals surface area contributed by atoms with E-state index in [0.29, 0.717) is 18.2 Å². The van der Waals surface area contributed by atoms with Crippen LogP contribution < -0.4 is 14.7 Å². The van der Waals surface area contributed by atoms with Gasteiger partial charge < -0.3 is 19.1 Å². The molecule has 0 radical (unpaired) electrons. The summed E-state index contributed by atoms with van der Waals surface area (Å²) in [5.41, 5.74) is 13.8. The van der Waals surface area contributed by atoms with E-state index >= 15 is 0 Å². The van der Waals surface area contributed by atoms with Gasteiger partial charge in [0.25, 0.3) is 0 Å². The van der Waals surface area contributed by atoms with E-state index in [0.717, 1.165) is 79.0 Å². The van der Waals surface area contributed by atoms with Gasteiger partial charge in [0, 0.05) is 68.6 Å². The monoisotopic (exact) mass is 863 g/mol. The number of para-hydroxylation sites is 5. The van der Waals surface area contributed by atoms with Crippen molar-refractivity contribution in [1.82, 2.24) is 10.2 Å². The van der Waals surface area contributed by atoms with Crippen LogP contribution in [0.1, 0.15) is 17.0 Å². The van der Waals surface area contributed by atoms with Gasteiger partial charge in [-0.05, 0) is 132 Å². The average molecular weight is 864 g/mol. The molecule has 0 aliphatic rings. The largest absolute Gasteiger partial charge is 0.420 e. The Kier molecular flexibility index (Phi) is 12.3. The molecular formula is C61H45N5O. The lowest BCUT2D eigenvalue weighted by atomic mass is 9.95. The molecule has 1 aromatic heterocycles. The van der Waals surface area contributed by atoms with Crippen molar-refractivity contribution in [1.29, 1.82) is 0 Å². The first-order valence-electron chi connectivity index (χ1n) is 22.3. The van der Waals surface area contributed by atoms with Crippen LogP contribution in [-0.4, -0.2) is 10.2 Å². The third-order valence-corrected chi connectivity index (χ3v) is 11.4. The van der Waals surface area contributed by atoms with E-state index in [1.807, 2.05) is 60.7 Å². The van der Waals surface area contributed by atoms with Crippen LogP contribution in [-0.2, 0) is 6.42 Å². The van der Waals surface area contributed by atoms with Crippen molar-refractivity contribution in [3.63, 3.8) is 0 Å². The molecule has 9 aromatic carbocycles. The van der Waals surface area contributed by atoms with Crippen LogP contribution in [0.4, 0.5) is 51.2 Å². The first-order valence-corrected chi connectivity index (χ1v) is 22.3. The van der Waals surface area contributed by atoms with Gasteiger partial charge in [-0.3, -0.25) is 0 Å². The molecule has 10 aromatic rings. The van der Waals surface area contributed by atoms with Gasteiger partial charge in [-0.25, -0.2) is 0 Å². The van der Waals surface area contributed by atoms with Crippen molar-refractivity contribution < 1.29 is 4.42 Å². The van der Waals surface area contributed by atoms with Crippen molar-refractivity contribution >= 4 is 51.2 Å². The topological polar surface area (TPSA) is 48.6 Å². The molecule has 6 heteroatoms. The molecule has 0 fully saturated rings. The van der Waals surface area contributed by atoms with Crippen molar-refractivity contribution in [2.24, 2.45) is 0 Å². The molecule has 6 nitrogen and oxygen atoms in total. The minimum Gasteiger partial charge on any atom is -0.420 e. The lowest BCUT2D eigenvalue weighted by Crippen LogP contribution is -2.14. The summed E-state index contributed by atoms with van der Waals surface area (Å²) in [6.07, 6.45) is 2.26. The Bertz CT molecular complexity index is 3080. The van der Waals surface area contributed by atoms with E-state index in [9.17, 15) is 0 Å². The average Bonchev–Trinajstić information content (AvgIpc) is 3.87. The molecule has 0 aliphatic carbocycles. The molecule has 320 valence electrons. The number of nitrogens with zero attached hydrogens (tertiary/aromatic N) is 5. The van der Waals surface area contributed by atoms with E-state index in [1.165, 1.54) is 0 Å². The van der Waals surface area contributed by atoms with Crippen LogP contribution in [0.25, 0.3) is 22.6 Å². The predicted molar refractivity (Wildman–Crippen MR) is 276 cm³/mol. The summed E-state index contributed by atoms with van der Waals surface area (Å²) in [5.74, 6) is 8.17. The van der Waals surface area contributed by atoms with E-state index in [-0.39, 0.29) is 0 Å². The number of rotatable bonds is 13. The summed E-state index contributed by atoms with van der Waals surface area (Å²) in [4.78, 5) is 6.84. The minimum atomic E-state index is 0.458. The highest BCUT2D eigenvalue weighted by molar-refractivity contribution is 5.87. The maximum atomic E-state index is 6.06. The van der Waals surface area contributed by atoms with Crippen LogP contribution in [0.2, 0.25) is 0 Å². The number of aromatic nitrogens is 2. The second-order valence-corrected chi connectivity index (χ2v) is 15.7. The van der Waals surface area contributed by atoms with Crippen LogP contribution >= 0.6 is 0 Å². The summed E-state index contributed by atoms with van der Waals surface area (Å²) in [5, 5.41) is 8.63. The van der Waals surface area contributed by atoms with Gasteiger partial charge in [0.15, 0.2) is 0 Å². The first-order chi connectivity index (χ1) is 33.2. The summed E-state index contributed by atoms with van der Waals surface area (Å²) in [7, 11) is 0. The highest BCUT2D eigenvalue weighted by Crippen LogP contribution is 2.42. The molecule has 0 amide bonds. The number of benzene rings is 9. The number of anilines is 9. The zero-order chi connectivity index (χ0) is 45.2. The summed E-state index contributed by atoms with van der Waals surface area (Å²) in [6, 6.07) is 84.1. The Morgan fingerprint density at radius 1 is 0.358 bits per heavy atom. The fourth-order valence-electron chi connectivity index (χ4n) is 8.34. The van der Waals surface area contributed by atoms with E-state index in [1.54, 1.807) is 6.08 Å². The molecule has 0 spiro atoms. The van der Waals surface area contributed by atoms with Crippen LogP contribution in [0.3, 0.4) is 0 Å². The number of allylic oxidation sites excluding steroid dienone is 1. The second-order valence-electron chi connectivity index (χ2n) is 15.7. The first kappa shape index (κ1) is 41.8. The molecule has 0 bridgehead atoms. The van der Waals surface area contributed by atoms with Crippen molar-refractivity contribution in [3.8, 4) is 34.4 Å². The fourth-order valence-corrected chi connectivity index (χ4v) is 8.34. The van der Waals surface area contributed by atoms with Gasteiger partial charge >= 0.3 is 0 Å². The summed E-state index contributed by atoms with van der Waals surface area (Å²) < 4.78 is 6.06. The number of hydrogen-bond donors (Lipinski definition) is 0. The summed E-state index contributed by atoms with van der Waals surface area (Å²) >= 11 is 0. The van der Waals surface area contributed by atoms with Crippen molar-refractivity contribution in [2.45, 2.75) is 6.42 Å². The zero-order valence-electron chi connectivity index (χ0n) is 36.7. The molecule has 0 unspecified atom stereocenters. The molecule has 0 saturated carbocycles. The zero-order valence-corrected chi connectivity index (χ0v) is 36.7. The highest BCUT2D eigenvalue weighted by Gasteiger charge is 2.20. The Labute approximate surface area is 392 Å². The van der Waals surface area contributed by atoms with Gasteiger partial charge in [0.1, 0.15) is 0 Å². The molecule has 0 N–H and O–H groups in total. The van der Waals surface area contributed by atoms with Crippen LogP contribution in [0, 0.1) is 11.8 Å². The molecule has 0 aliphatic heterocycles. The maximum Gasteiger partial charge on any atom is 0.248 e. The molecule has 0 atom stereocenters. The second kappa shape index (κ2) is 19.7. The third-order valence-electron chi connectivity index (χ3n) is 11.4. The fraction of sp³-hybridized carbons (Fsp3) is 0.0164. The molecule has 67 heavy (non-hydrogen) atoms. The highest BCUT2D eigenvalue weighted by atomic mass is 16.4. The van der Waals surface area contributed by atoms with Crippen molar-refractivity contribution in [3.05, 3.63) is 272 Å². The van der Waals surface area contributed by atoms with Gasteiger partial charge in [-0.2, -0.15) is 0 Å². The van der Waals surface area contributed by atoms with Gasteiger partial charge in [-0.15, -0.1) is 16.8 Å². The minimum absolute atomic E-state index is 0.458. The lowest BCUT2D eigenvalue weighted by Gasteiger charge is -2.30. The quantitative estimate of drug-likeness (QED) is 0.0850. The lowest BCUT2D eigenvalue weighted by molar-refractivity contribution is 0.520. The Hall–Kier alpha value is -9.18.